The summed E-state index contributed by atoms with van der Waals surface area (Å²) >= 11 is 2.55. The Kier molecular flexibility index (Phi) is 6.09. The maximum absolute atomic E-state index is 12.2. The number of carbonyl (C=O) groups is 2. The van der Waals surface area contributed by atoms with Crippen LogP contribution in [0.3, 0.4) is 0 Å². The van der Waals surface area contributed by atoms with Crippen molar-refractivity contribution in [3.63, 3.8) is 0 Å². The molecule has 0 saturated heterocycles. The van der Waals surface area contributed by atoms with E-state index in [1.54, 1.807) is 24.3 Å². The molecule has 2 amide bonds. The molecule has 138 valence electrons. The zero-order chi connectivity index (χ0) is 19.2. The Labute approximate surface area is 163 Å². The van der Waals surface area contributed by atoms with Crippen molar-refractivity contribution in [2.24, 2.45) is 0 Å². The second-order valence-electron chi connectivity index (χ2n) is 5.54. The van der Waals surface area contributed by atoms with E-state index in [2.05, 4.69) is 31.0 Å². The number of carbonyl (C=O) groups excluding carboxylic acids is 2. The van der Waals surface area contributed by atoms with Crippen LogP contribution in [0.2, 0.25) is 0 Å². The van der Waals surface area contributed by atoms with E-state index in [-0.39, 0.29) is 17.6 Å². The molecule has 0 aliphatic rings. The summed E-state index contributed by atoms with van der Waals surface area (Å²) in [5, 5.41) is 22.9. The van der Waals surface area contributed by atoms with Crippen LogP contribution in [-0.2, 0) is 4.79 Å². The summed E-state index contributed by atoms with van der Waals surface area (Å²) in [4.78, 5) is 24.0. The normalized spacial score (nSPS) is 10.4. The zero-order valence-corrected chi connectivity index (χ0v) is 16.2. The number of aryl methyl sites for hydroxylation is 2. The first-order valence-corrected chi connectivity index (χ1v) is 9.74. The number of hydrogen-bond donors (Lipinski definition) is 2. The summed E-state index contributed by atoms with van der Waals surface area (Å²) in [5.41, 5.74) is 1.63. The second kappa shape index (κ2) is 8.69. The average Bonchev–Trinajstić information content (AvgIpc) is 3.06. The molecule has 1 aromatic carbocycles. The van der Waals surface area contributed by atoms with Crippen molar-refractivity contribution in [3.05, 3.63) is 52.5 Å². The van der Waals surface area contributed by atoms with E-state index >= 15 is 0 Å². The van der Waals surface area contributed by atoms with Crippen LogP contribution in [0.1, 0.15) is 20.9 Å². The molecule has 2 N–H and O–H groups in total. The number of rotatable bonds is 6. The molecule has 0 radical (unpaired) electrons. The molecule has 0 aliphatic carbocycles. The van der Waals surface area contributed by atoms with Crippen LogP contribution in [0, 0.1) is 13.8 Å². The van der Waals surface area contributed by atoms with Crippen LogP contribution in [0.5, 0.6) is 0 Å². The monoisotopic (exact) mass is 400 g/mol. The number of aromatic nitrogens is 4. The van der Waals surface area contributed by atoms with Gasteiger partial charge in [0.1, 0.15) is 10.0 Å². The minimum Gasteiger partial charge on any atom is -0.305 e. The van der Waals surface area contributed by atoms with Gasteiger partial charge in [-0.05, 0) is 38.1 Å². The van der Waals surface area contributed by atoms with E-state index in [1.165, 1.54) is 23.1 Å². The molecule has 0 unspecified atom stereocenters. The standard InChI is InChI=1S/C17H16N6O2S2/c1-10-3-5-12(6-4-10)16(25)18-13-7-8-15(22-21-13)26-9-14(24)19-17-23-20-11(2)27-17/h3-8H,9H2,1-2H3,(H,18,21,25)(H,19,23,24). The van der Waals surface area contributed by atoms with Gasteiger partial charge in [-0.15, -0.1) is 20.4 Å². The van der Waals surface area contributed by atoms with Gasteiger partial charge in [-0.25, -0.2) is 0 Å². The molecule has 0 saturated carbocycles. The predicted molar refractivity (Wildman–Crippen MR) is 105 cm³/mol. The lowest BCUT2D eigenvalue weighted by Crippen LogP contribution is -2.14. The third-order valence-corrected chi connectivity index (χ3v) is 4.99. The van der Waals surface area contributed by atoms with E-state index in [0.29, 0.717) is 21.5 Å². The molecule has 0 fully saturated rings. The third-order valence-electron chi connectivity index (χ3n) is 3.32. The van der Waals surface area contributed by atoms with Gasteiger partial charge in [0.25, 0.3) is 5.91 Å². The molecule has 3 aromatic rings. The van der Waals surface area contributed by atoms with Crippen LogP contribution >= 0.6 is 23.1 Å². The van der Waals surface area contributed by atoms with Gasteiger partial charge in [0.15, 0.2) is 5.82 Å². The van der Waals surface area contributed by atoms with Gasteiger partial charge in [0.05, 0.1) is 5.75 Å². The van der Waals surface area contributed by atoms with E-state index in [1.807, 2.05) is 26.0 Å². The molecular weight excluding hydrogens is 384 g/mol. The van der Waals surface area contributed by atoms with Crippen molar-refractivity contribution in [2.75, 3.05) is 16.4 Å². The van der Waals surface area contributed by atoms with Gasteiger partial charge >= 0.3 is 0 Å². The number of thioether (sulfide) groups is 1. The molecule has 0 spiro atoms. The molecule has 8 nitrogen and oxygen atoms in total. The summed E-state index contributed by atoms with van der Waals surface area (Å²) in [5.74, 6) is 0.0624. The summed E-state index contributed by atoms with van der Waals surface area (Å²) in [7, 11) is 0. The zero-order valence-electron chi connectivity index (χ0n) is 14.6. The molecule has 0 bridgehead atoms. The summed E-state index contributed by atoms with van der Waals surface area (Å²) < 4.78 is 0. The Morgan fingerprint density at radius 2 is 1.74 bits per heavy atom. The molecular formula is C17H16N6O2S2. The second-order valence-corrected chi connectivity index (χ2v) is 7.72. The number of amides is 2. The fourth-order valence-electron chi connectivity index (χ4n) is 2.00. The Bertz CT molecular complexity index is 941. The maximum Gasteiger partial charge on any atom is 0.256 e. The van der Waals surface area contributed by atoms with Gasteiger partial charge in [-0.2, -0.15) is 0 Å². The van der Waals surface area contributed by atoms with Crippen LogP contribution in [-0.4, -0.2) is 38.0 Å². The minimum atomic E-state index is -0.253. The van der Waals surface area contributed by atoms with Crippen LogP contribution in [0.4, 0.5) is 10.9 Å². The highest BCUT2D eigenvalue weighted by molar-refractivity contribution is 7.99. The Balaban J connectivity index is 1.50. The van der Waals surface area contributed by atoms with E-state index in [0.717, 1.165) is 10.6 Å². The first-order valence-electron chi connectivity index (χ1n) is 7.94. The number of nitrogens with zero attached hydrogens (tertiary/aromatic N) is 4. The van der Waals surface area contributed by atoms with Gasteiger partial charge in [-0.1, -0.05) is 40.8 Å². The minimum absolute atomic E-state index is 0.169. The highest BCUT2D eigenvalue weighted by Crippen LogP contribution is 2.18. The fraction of sp³-hybridized carbons (Fsp3) is 0.176. The van der Waals surface area contributed by atoms with Crippen molar-refractivity contribution < 1.29 is 9.59 Å². The number of benzene rings is 1. The van der Waals surface area contributed by atoms with Crippen molar-refractivity contribution in [3.8, 4) is 0 Å². The van der Waals surface area contributed by atoms with Crippen molar-refractivity contribution in [2.45, 2.75) is 18.9 Å². The largest absolute Gasteiger partial charge is 0.305 e. The van der Waals surface area contributed by atoms with Crippen LogP contribution in [0.15, 0.2) is 41.4 Å². The van der Waals surface area contributed by atoms with Crippen molar-refractivity contribution in [1.29, 1.82) is 0 Å². The van der Waals surface area contributed by atoms with Gasteiger partial charge in [-0.3, -0.25) is 14.9 Å². The number of nitrogens with one attached hydrogen (secondary N) is 2. The fourth-order valence-corrected chi connectivity index (χ4v) is 3.22. The third kappa shape index (κ3) is 5.56. The van der Waals surface area contributed by atoms with E-state index in [9.17, 15) is 9.59 Å². The van der Waals surface area contributed by atoms with Crippen LogP contribution in [0.25, 0.3) is 0 Å². The topological polar surface area (TPSA) is 110 Å². The number of hydrogen-bond acceptors (Lipinski definition) is 8. The van der Waals surface area contributed by atoms with Crippen molar-refractivity contribution >= 4 is 45.9 Å². The molecule has 3 rings (SSSR count). The first kappa shape index (κ1) is 18.9. The molecule has 27 heavy (non-hydrogen) atoms. The molecule has 2 aromatic heterocycles. The highest BCUT2D eigenvalue weighted by Gasteiger charge is 2.10. The Hall–Kier alpha value is -2.85. The molecule has 10 heteroatoms. The highest BCUT2D eigenvalue weighted by atomic mass is 32.2. The Morgan fingerprint density at radius 3 is 2.37 bits per heavy atom. The lowest BCUT2D eigenvalue weighted by molar-refractivity contribution is -0.113. The van der Waals surface area contributed by atoms with E-state index < -0.39 is 0 Å². The Morgan fingerprint density at radius 1 is 0.963 bits per heavy atom. The smallest absolute Gasteiger partial charge is 0.256 e. The lowest BCUT2D eigenvalue weighted by Gasteiger charge is -2.05. The lowest BCUT2D eigenvalue weighted by atomic mass is 10.1. The average molecular weight is 400 g/mol. The van der Waals surface area contributed by atoms with Gasteiger partial charge < -0.3 is 5.32 Å². The SMILES string of the molecule is Cc1ccc(C(=O)Nc2ccc(SCC(=O)Nc3nnc(C)s3)nn2)cc1. The van der Waals surface area contributed by atoms with Gasteiger partial charge in [0, 0.05) is 5.56 Å². The predicted octanol–water partition coefficient (Wildman–Crippen LogP) is 2.93. The van der Waals surface area contributed by atoms with Gasteiger partial charge in [0.2, 0.25) is 11.0 Å². The summed E-state index contributed by atoms with van der Waals surface area (Å²) in [6, 6.07) is 10.6. The quantitative estimate of drug-likeness (QED) is 0.612. The molecule has 0 atom stereocenters. The number of anilines is 2. The van der Waals surface area contributed by atoms with Crippen LogP contribution < -0.4 is 10.6 Å². The molecule has 2 heterocycles. The van der Waals surface area contributed by atoms with Crippen molar-refractivity contribution in [1.82, 2.24) is 20.4 Å². The van der Waals surface area contributed by atoms with E-state index in [4.69, 9.17) is 0 Å². The molecule has 0 aliphatic heterocycles. The summed E-state index contributed by atoms with van der Waals surface area (Å²) in [6.07, 6.45) is 0. The summed E-state index contributed by atoms with van der Waals surface area (Å²) in [6.45, 7) is 3.77. The maximum atomic E-state index is 12.2. The first-order chi connectivity index (χ1) is 13.0.